The van der Waals surface area contributed by atoms with Crippen LogP contribution in [0.15, 0.2) is 42.5 Å². The van der Waals surface area contributed by atoms with Crippen LogP contribution in [-0.4, -0.2) is 12.9 Å². The minimum atomic E-state index is 0.570. The summed E-state index contributed by atoms with van der Waals surface area (Å²) in [7, 11) is 1.68. The van der Waals surface area contributed by atoms with Crippen LogP contribution in [0.1, 0.15) is 16.7 Å². The molecule has 0 fully saturated rings. The van der Waals surface area contributed by atoms with E-state index in [9.17, 15) is 0 Å². The van der Waals surface area contributed by atoms with Gasteiger partial charge in [0, 0.05) is 11.3 Å². The van der Waals surface area contributed by atoms with Crippen molar-refractivity contribution in [3.63, 3.8) is 0 Å². The third-order valence-electron chi connectivity index (χ3n) is 3.56. The highest BCUT2D eigenvalue weighted by Crippen LogP contribution is 2.30. The second-order valence-electron chi connectivity index (χ2n) is 4.75. The van der Waals surface area contributed by atoms with Gasteiger partial charge in [-0.15, -0.1) is 0 Å². The Labute approximate surface area is 113 Å². The summed E-state index contributed by atoms with van der Waals surface area (Å²) in [5.41, 5.74) is 4.36. The maximum absolute atomic E-state index is 8.29. The average Bonchev–Trinajstić information content (AvgIpc) is 2.77. The Kier molecular flexibility index (Phi) is 2.75. The Bertz CT molecular complexity index is 649. The molecule has 1 aliphatic rings. The largest absolute Gasteiger partial charge is 0.496 e. The van der Waals surface area contributed by atoms with E-state index in [0.29, 0.717) is 5.84 Å². The predicted octanol–water partition coefficient (Wildman–Crippen LogP) is 3.35. The van der Waals surface area contributed by atoms with Crippen LogP contribution in [-0.2, 0) is 6.54 Å². The van der Waals surface area contributed by atoms with E-state index in [-0.39, 0.29) is 0 Å². The second kappa shape index (κ2) is 4.43. The molecule has 2 aromatic carbocycles. The number of benzene rings is 2. The van der Waals surface area contributed by atoms with Crippen molar-refractivity contribution in [2.24, 2.45) is 0 Å². The van der Waals surface area contributed by atoms with Crippen molar-refractivity contribution in [2.75, 3.05) is 12.0 Å². The molecule has 96 valence electrons. The topological polar surface area (TPSA) is 36.3 Å². The Morgan fingerprint density at radius 3 is 2.63 bits per heavy atom. The zero-order valence-electron chi connectivity index (χ0n) is 11.1. The third kappa shape index (κ3) is 1.87. The summed E-state index contributed by atoms with van der Waals surface area (Å²) in [5.74, 6) is 1.45. The number of anilines is 1. The normalized spacial score (nSPS) is 13.6. The fraction of sp³-hybridized carbons (Fsp3) is 0.188. The molecule has 1 heterocycles. The third-order valence-corrected chi connectivity index (χ3v) is 3.56. The van der Waals surface area contributed by atoms with Crippen molar-refractivity contribution >= 4 is 11.5 Å². The highest BCUT2D eigenvalue weighted by Gasteiger charge is 2.24. The van der Waals surface area contributed by atoms with E-state index in [4.69, 9.17) is 10.1 Å². The second-order valence-corrected chi connectivity index (χ2v) is 4.75. The molecule has 0 amide bonds. The lowest BCUT2D eigenvalue weighted by molar-refractivity contribution is 0.411. The number of rotatable bonds is 2. The van der Waals surface area contributed by atoms with Crippen LogP contribution in [0.25, 0.3) is 0 Å². The van der Waals surface area contributed by atoms with Gasteiger partial charge in [0.1, 0.15) is 11.6 Å². The number of amidine groups is 1. The molecule has 0 unspecified atom stereocenters. The highest BCUT2D eigenvalue weighted by atomic mass is 16.5. The molecule has 1 aliphatic heterocycles. The number of hydrogen-bond donors (Lipinski definition) is 1. The number of hydrogen-bond acceptors (Lipinski definition) is 2. The Hall–Kier alpha value is -2.29. The van der Waals surface area contributed by atoms with E-state index in [1.165, 1.54) is 5.56 Å². The van der Waals surface area contributed by atoms with E-state index in [0.717, 1.165) is 29.1 Å². The quantitative estimate of drug-likeness (QED) is 0.889. The van der Waals surface area contributed by atoms with E-state index < -0.39 is 0 Å². The first-order valence-corrected chi connectivity index (χ1v) is 6.29. The van der Waals surface area contributed by atoms with Gasteiger partial charge in [-0.3, -0.25) is 5.41 Å². The molecule has 0 radical (unpaired) electrons. The van der Waals surface area contributed by atoms with Crippen molar-refractivity contribution in [1.29, 1.82) is 5.41 Å². The van der Waals surface area contributed by atoms with Gasteiger partial charge in [0.25, 0.3) is 0 Å². The van der Waals surface area contributed by atoms with Crippen molar-refractivity contribution in [1.82, 2.24) is 0 Å². The molecule has 19 heavy (non-hydrogen) atoms. The molecule has 0 aromatic heterocycles. The van der Waals surface area contributed by atoms with E-state index in [2.05, 4.69) is 12.1 Å². The summed E-state index contributed by atoms with van der Waals surface area (Å²) in [6, 6.07) is 14.1. The van der Waals surface area contributed by atoms with Gasteiger partial charge in [0.15, 0.2) is 0 Å². The number of ether oxygens (including phenoxy) is 1. The van der Waals surface area contributed by atoms with E-state index in [1.807, 2.05) is 42.2 Å². The first-order chi connectivity index (χ1) is 9.20. The minimum absolute atomic E-state index is 0.570. The molecule has 0 atom stereocenters. The average molecular weight is 252 g/mol. The SMILES string of the molecule is COc1ccc(N2Cc3ccccc3C2=N)cc1C. The fourth-order valence-corrected chi connectivity index (χ4v) is 2.53. The van der Waals surface area contributed by atoms with Crippen molar-refractivity contribution in [3.8, 4) is 5.75 Å². The van der Waals surface area contributed by atoms with Gasteiger partial charge in [-0.2, -0.15) is 0 Å². The minimum Gasteiger partial charge on any atom is -0.496 e. The Balaban J connectivity index is 1.97. The van der Waals surface area contributed by atoms with Gasteiger partial charge < -0.3 is 9.64 Å². The molecular weight excluding hydrogens is 236 g/mol. The molecule has 3 rings (SSSR count). The number of fused-ring (bicyclic) bond motifs is 1. The lowest BCUT2D eigenvalue weighted by atomic mass is 10.1. The van der Waals surface area contributed by atoms with Gasteiger partial charge in [-0.1, -0.05) is 24.3 Å². The fourth-order valence-electron chi connectivity index (χ4n) is 2.53. The molecule has 0 saturated heterocycles. The van der Waals surface area contributed by atoms with Crippen LogP contribution in [0.3, 0.4) is 0 Å². The van der Waals surface area contributed by atoms with E-state index >= 15 is 0 Å². The summed E-state index contributed by atoms with van der Waals surface area (Å²) in [6.07, 6.45) is 0. The molecule has 3 nitrogen and oxygen atoms in total. The summed E-state index contributed by atoms with van der Waals surface area (Å²) in [5, 5.41) is 8.29. The number of nitrogens with one attached hydrogen (secondary N) is 1. The van der Waals surface area contributed by atoms with Gasteiger partial charge in [0.05, 0.1) is 13.7 Å². The standard InChI is InChI=1S/C16H16N2O/c1-11-9-13(7-8-15(11)19-2)18-10-12-5-3-4-6-14(12)16(18)17/h3-9,17H,10H2,1-2H3. The van der Waals surface area contributed by atoms with Gasteiger partial charge in [-0.25, -0.2) is 0 Å². The molecule has 3 heteroatoms. The molecular formula is C16H16N2O. The molecule has 0 saturated carbocycles. The zero-order chi connectivity index (χ0) is 13.4. The monoisotopic (exact) mass is 252 g/mol. The van der Waals surface area contributed by atoms with Gasteiger partial charge in [-0.05, 0) is 36.2 Å². The van der Waals surface area contributed by atoms with Crippen LogP contribution in [0.4, 0.5) is 5.69 Å². The molecule has 2 aromatic rings. The maximum Gasteiger partial charge on any atom is 0.133 e. The van der Waals surface area contributed by atoms with Crippen molar-refractivity contribution in [2.45, 2.75) is 13.5 Å². The van der Waals surface area contributed by atoms with E-state index in [1.54, 1.807) is 7.11 Å². The molecule has 0 spiro atoms. The van der Waals surface area contributed by atoms with Gasteiger partial charge in [0.2, 0.25) is 0 Å². The Morgan fingerprint density at radius 1 is 1.16 bits per heavy atom. The summed E-state index contributed by atoms with van der Waals surface area (Å²) < 4.78 is 5.28. The van der Waals surface area contributed by atoms with Crippen LogP contribution >= 0.6 is 0 Å². The number of aryl methyl sites for hydroxylation is 1. The summed E-state index contributed by atoms with van der Waals surface area (Å²) in [4.78, 5) is 2.02. The first kappa shape index (κ1) is 11.8. The van der Waals surface area contributed by atoms with Crippen molar-refractivity contribution < 1.29 is 4.74 Å². The lowest BCUT2D eigenvalue weighted by Gasteiger charge is -2.19. The first-order valence-electron chi connectivity index (χ1n) is 6.29. The summed E-state index contributed by atoms with van der Waals surface area (Å²) >= 11 is 0. The molecule has 1 N–H and O–H groups in total. The smallest absolute Gasteiger partial charge is 0.133 e. The van der Waals surface area contributed by atoms with Crippen molar-refractivity contribution in [3.05, 3.63) is 59.2 Å². The molecule has 0 bridgehead atoms. The zero-order valence-corrected chi connectivity index (χ0v) is 11.1. The Morgan fingerprint density at radius 2 is 1.95 bits per heavy atom. The summed E-state index contributed by atoms with van der Waals surface area (Å²) in [6.45, 7) is 2.79. The number of nitrogens with zero attached hydrogens (tertiary/aromatic N) is 1. The highest BCUT2D eigenvalue weighted by molar-refractivity contribution is 6.11. The van der Waals surface area contributed by atoms with Crippen LogP contribution in [0.5, 0.6) is 5.75 Å². The number of methoxy groups -OCH3 is 1. The maximum atomic E-state index is 8.29. The van der Waals surface area contributed by atoms with Crippen LogP contribution < -0.4 is 9.64 Å². The predicted molar refractivity (Wildman–Crippen MR) is 77.2 cm³/mol. The molecule has 0 aliphatic carbocycles. The van der Waals surface area contributed by atoms with Crippen LogP contribution in [0.2, 0.25) is 0 Å². The van der Waals surface area contributed by atoms with Gasteiger partial charge >= 0.3 is 0 Å². The lowest BCUT2D eigenvalue weighted by Crippen LogP contribution is -2.23. The van der Waals surface area contributed by atoms with Crippen LogP contribution in [0, 0.1) is 12.3 Å².